The largest absolute Gasteiger partial charge is 0.447 e. The monoisotopic (exact) mass is 191 g/mol. The Hall–Kier alpha value is -0.810. The zero-order chi connectivity index (χ0) is 10.1. The molecule has 5 nitrogen and oxygen atoms in total. The van der Waals surface area contributed by atoms with Crippen molar-refractivity contribution < 1.29 is 19.0 Å². The van der Waals surface area contributed by atoms with Crippen LogP contribution >= 0.6 is 0 Å². The molecule has 0 rings (SSSR count). The van der Waals surface area contributed by atoms with Crippen molar-refractivity contribution in [1.29, 1.82) is 0 Å². The lowest BCUT2D eigenvalue weighted by atomic mass is 10.4. The molecule has 1 atom stereocenters. The number of alkyl carbamates (subject to hydrolysis) is 1. The Kier molecular flexibility index (Phi) is 7.33. The summed E-state index contributed by atoms with van der Waals surface area (Å²) in [4.78, 5) is 10.9. The highest BCUT2D eigenvalue weighted by Gasteiger charge is 2.03. The first-order chi connectivity index (χ1) is 6.20. The minimum Gasteiger partial charge on any atom is -0.447 e. The predicted molar refractivity (Wildman–Crippen MR) is 47.7 cm³/mol. The van der Waals surface area contributed by atoms with Gasteiger partial charge in [-0.1, -0.05) is 0 Å². The molecule has 0 aliphatic rings. The standard InChI is InChI=1S/C8H17NO4/c1-7(12-3)6-9-8(10)13-5-4-11-2/h7H,4-6H2,1-3H3,(H,9,10). The van der Waals surface area contributed by atoms with Gasteiger partial charge in [0.25, 0.3) is 0 Å². The number of amides is 1. The summed E-state index contributed by atoms with van der Waals surface area (Å²) in [5.41, 5.74) is 0. The molecule has 0 saturated heterocycles. The molecule has 78 valence electrons. The zero-order valence-electron chi connectivity index (χ0n) is 8.33. The van der Waals surface area contributed by atoms with Crippen LogP contribution in [0.3, 0.4) is 0 Å². The maximum Gasteiger partial charge on any atom is 0.407 e. The van der Waals surface area contributed by atoms with E-state index in [0.29, 0.717) is 13.2 Å². The predicted octanol–water partition coefficient (Wildman–Crippen LogP) is 0.394. The Morgan fingerprint density at radius 1 is 1.38 bits per heavy atom. The van der Waals surface area contributed by atoms with Crippen molar-refractivity contribution in [2.75, 3.05) is 34.0 Å². The van der Waals surface area contributed by atoms with E-state index in [4.69, 9.17) is 14.2 Å². The zero-order valence-corrected chi connectivity index (χ0v) is 8.33. The van der Waals surface area contributed by atoms with Crippen molar-refractivity contribution in [2.24, 2.45) is 0 Å². The van der Waals surface area contributed by atoms with Gasteiger partial charge < -0.3 is 19.5 Å². The fourth-order valence-electron chi connectivity index (χ4n) is 0.579. The van der Waals surface area contributed by atoms with Crippen LogP contribution in [0, 0.1) is 0 Å². The molecule has 0 aliphatic heterocycles. The van der Waals surface area contributed by atoms with E-state index in [0.717, 1.165) is 0 Å². The van der Waals surface area contributed by atoms with Gasteiger partial charge in [-0.05, 0) is 6.92 Å². The lowest BCUT2D eigenvalue weighted by Gasteiger charge is -2.10. The Balaban J connectivity index is 3.30. The summed E-state index contributed by atoms with van der Waals surface area (Å²) in [5, 5.41) is 2.55. The first kappa shape index (κ1) is 12.2. The molecule has 0 aromatic rings. The maximum atomic E-state index is 10.9. The van der Waals surface area contributed by atoms with E-state index >= 15 is 0 Å². The third-order valence-corrected chi connectivity index (χ3v) is 1.46. The van der Waals surface area contributed by atoms with Crippen molar-refractivity contribution in [2.45, 2.75) is 13.0 Å². The van der Waals surface area contributed by atoms with Gasteiger partial charge in [0.15, 0.2) is 0 Å². The molecule has 13 heavy (non-hydrogen) atoms. The summed E-state index contributed by atoms with van der Waals surface area (Å²) in [6, 6.07) is 0. The number of carbonyl (C=O) groups excluding carboxylic acids is 1. The number of methoxy groups -OCH3 is 2. The van der Waals surface area contributed by atoms with Crippen LogP contribution in [0.2, 0.25) is 0 Å². The van der Waals surface area contributed by atoms with E-state index in [-0.39, 0.29) is 12.7 Å². The molecule has 1 unspecified atom stereocenters. The van der Waals surface area contributed by atoms with Crippen LogP contribution in [0.25, 0.3) is 0 Å². The van der Waals surface area contributed by atoms with Crippen LogP contribution in [-0.2, 0) is 14.2 Å². The quantitative estimate of drug-likeness (QED) is 0.617. The summed E-state index contributed by atoms with van der Waals surface area (Å²) in [6.07, 6.45) is -0.448. The van der Waals surface area contributed by atoms with E-state index in [2.05, 4.69) is 5.32 Å². The first-order valence-electron chi connectivity index (χ1n) is 4.13. The molecule has 5 heteroatoms. The highest BCUT2D eigenvalue weighted by molar-refractivity contribution is 5.67. The topological polar surface area (TPSA) is 56.8 Å². The summed E-state index contributed by atoms with van der Waals surface area (Å²) in [7, 11) is 3.14. The van der Waals surface area contributed by atoms with Crippen LogP contribution < -0.4 is 5.32 Å². The fraction of sp³-hybridized carbons (Fsp3) is 0.875. The van der Waals surface area contributed by atoms with Gasteiger partial charge in [0, 0.05) is 20.8 Å². The van der Waals surface area contributed by atoms with Crippen LogP contribution in [0.15, 0.2) is 0 Å². The summed E-state index contributed by atoms with van der Waals surface area (Å²) in [6.45, 7) is 2.98. The molecule has 0 fully saturated rings. The smallest absolute Gasteiger partial charge is 0.407 e. The number of ether oxygens (including phenoxy) is 3. The number of rotatable bonds is 6. The third-order valence-electron chi connectivity index (χ3n) is 1.46. The fourth-order valence-corrected chi connectivity index (χ4v) is 0.579. The average Bonchev–Trinajstić information content (AvgIpc) is 2.14. The lowest BCUT2D eigenvalue weighted by molar-refractivity contribution is 0.0876. The molecular formula is C8H17NO4. The highest BCUT2D eigenvalue weighted by atomic mass is 16.6. The molecular weight excluding hydrogens is 174 g/mol. The second-order valence-corrected chi connectivity index (χ2v) is 2.56. The van der Waals surface area contributed by atoms with Crippen molar-refractivity contribution in [1.82, 2.24) is 5.32 Å². The number of carbonyl (C=O) groups is 1. The molecule has 0 radical (unpaired) electrons. The van der Waals surface area contributed by atoms with Crippen LogP contribution in [-0.4, -0.2) is 46.2 Å². The van der Waals surface area contributed by atoms with E-state index in [1.165, 1.54) is 0 Å². The molecule has 0 saturated carbocycles. The molecule has 0 spiro atoms. The molecule has 0 aromatic carbocycles. The minimum absolute atomic E-state index is 0.00465. The third kappa shape index (κ3) is 7.55. The SMILES string of the molecule is COCCOC(=O)NCC(C)OC. The van der Waals surface area contributed by atoms with Crippen molar-refractivity contribution in [3.8, 4) is 0 Å². The highest BCUT2D eigenvalue weighted by Crippen LogP contribution is 1.85. The number of hydrogen-bond donors (Lipinski definition) is 1. The van der Waals surface area contributed by atoms with Crippen molar-refractivity contribution in [3.05, 3.63) is 0 Å². The van der Waals surface area contributed by atoms with E-state index < -0.39 is 6.09 Å². The summed E-state index contributed by atoms with van der Waals surface area (Å²) >= 11 is 0. The van der Waals surface area contributed by atoms with Crippen molar-refractivity contribution in [3.63, 3.8) is 0 Å². The Morgan fingerprint density at radius 3 is 2.62 bits per heavy atom. The van der Waals surface area contributed by atoms with E-state index in [9.17, 15) is 4.79 Å². The molecule has 0 heterocycles. The van der Waals surface area contributed by atoms with Gasteiger partial charge in [-0.25, -0.2) is 4.79 Å². The molecule has 0 aromatic heterocycles. The van der Waals surface area contributed by atoms with Crippen LogP contribution in [0.5, 0.6) is 0 Å². The van der Waals surface area contributed by atoms with Gasteiger partial charge in [-0.15, -0.1) is 0 Å². The van der Waals surface area contributed by atoms with Gasteiger partial charge in [0.1, 0.15) is 6.61 Å². The number of nitrogens with one attached hydrogen (secondary N) is 1. The van der Waals surface area contributed by atoms with Crippen molar-refractivity contribution >= 4 is 6.09 Å². The lowest BCUT2D eigenvalue weighted by Crippen LogP contribution is -2.32. The second-order valence-electron chi connectivity index (χ2n) is 2.56. The Morgan fingerprint density at radius 2 is 2.08 bits per heavy atom. The summed E-state index contributed by atoms with van der Waals surface area (Å²) < 4.78 is 14.4. The van der Waals surface area contributed by atoms with Gasteiger partial charge in [0.2, 0.25) is 0 Å². The van der Waals surface area contributed by atoms with Crippen LogP contribution in [0.4, 0.5) is 4.79 Å². The summed E-state index contributed by atoms with van der Waals surface area (Å²) in [5.74, 6) is 0. The second kappa shape index (κ2) is 7.82. The Bertz CT molecular complexity index is 140. The molecule has 1 N–H and O–H groups in total. The van der Waals surface area contributed by atoms with Gasteiger partial charge in [-0.2, -0.15) is 0 Å². The van der Waals surface area contributed by atoms with E-state index in [1.807, 2.05) is 6.92 Å². The average molecular weight is 191 g/mol. The Labute approximate surface area is 78.3 Å². The van der Waals surface area contributed by atoms with E-state index in [1.54, 1.807) is 14.2 Å². The minimum atomic E-state index is -0.444. The van der Waals surface area contributed by atoms with Gasteiger partial charge >= 0.3 is 6.09 Å². The molecule has 0 aliphatic carbocycles. The van der Waals surface area contributed by atoms with Gasteiger partial charge in [-0.3, -0.25) is 0 Å². The molecule has 1 amide bonds. The number of hydrogen-bond acceptors (Lipinski definition) is 4. The maximum absolute atomic E-state index is 10.9. The normalized spacial score (nSPS) is 12.2. The first-order valence-corrected chi connectivity index (χ1v) is 4.13. The van der Waals surface area contributed by atoms with Gasteiger partial charge in [0.05, 0.1) is 12.7 Å². The van der Waals surface area contributed by atoms with Crippen LogP contribution in [0.1, 0.15) is 6.92 Å². The molecule has 0 bridgehead atoms.